The fourth-order valence-electron chi connectivity index (χ4n) is 4.24. The Hall–Kier alpha value is -3.14. The molecule has 10 heteroatoms. The first-order chi connectivity index (χ1) is 16.1. The second kappa shape index (κ2) is 9.25. The van der Waals surface area contributed by atoms with E-state index in [1.54, 1.807) is 17.9 Å². The van der Waals surface area contributed by atoms with E-state index >= 15 is 0 Å². The van der Waals surface area contributed by atoms with Crippen molar-refractivity contribution < 1.29 is 19.4 Å². The quantitative estimate of drug-likeness (QED) is 0.620. The second-order valence-electron chi connectivity index (χ2n) is 9.81. The number of fused-ring (bicyclic) bond motifs is 1. The summed E-state index contributed by atoms with van der Waals surface area (Å²) in [6.45, 7) is 10.9. The van der Waals surface area contributed by atoms with Crippen LogP contribution >= 0.6 is 0 Å². The van der Waals surface area contributed by atoms with E-state index in [1.165, 1.54) is 10.6 Å². The number of ether oxygens (including phenoxy) is 1. The molecule has 0 spiro atoms. The van der Waals surface area contributed by atoms with Gasteiger partial charge in [0.2, 0.25) is 11.8 Å². The molecule has 2 aromatic heterocycles. The first kappa shape index (κ1) is 24.0. The Morgan fingerprint density at radius 2 is 2.00 bits per heavy atom. The molecule has 1 saturated heterocycles. The van der Waals surface area contributed by atoms with Crippen LogP contribution in [0.3, 0.4) is 0 Å². The fourth-order valence-corrected chi connectivity index (χ4v) is 4.24. The number of hydrogen-bond donors (Lipinski definition) is 2. The molecule has 2 aromatic rings. The monoisotopic (exact) mass is 471 g/mol. The molecule has 2 N–H and O–H groups in total. The first-order valence-corrected chi connectivity index (χ1v) is 11.8. The predicted molar refractivity (Wildman–Crippen MR) is 127 cm³/mol. The summed E-state index contributed by atoms with van der Waals surface area (Å²) < 4.78 is 8.30. The molecule has 184 valence electrons. The SMILES string of the molecule is Cc1nn2c(=O)c(C(=O)NC3CC3)c(O)n(CC(C)C)c2c1/C=C/C(=O)N1C[C@@H](C)OC[C@@H]1C. The van der Waals surface area contributed by atoms with Crippen molar-refractivity contribution >= 4 is 23.5 Å². The lowest BCUT2D eigenvalue weighted by Gasteiger charge is -2.36. The number of amides is 2. The minimum Gasteiger partial charge on any atom is -0.494 e. The highest BCUT2D eigenvalue weighted by molar-refractivity contribution is 5.97. The van der Waals surface area contributed by atoms with Crippen LogP contribution in [0.15, 0.2) is 10.9 Å². The van der Waals surface area contributed by atoms with Gasteiger partial charge in [0, 0.05) is 30.8 Å². The summed E-state index contributed by atoms with van der Waals surface area (Å²) in [5.74, 6) is -1.04. The third kappa shape index (κ3) is 4.59. The predicted octanol–water partition coefficient (Wildman–Crippen LogP) is 1.71. The maximum absolute atomic E-state index is 13.2. The van der Waals surface area contributed by atoms with Gasteiger partial charge in [-0.15, -0.1) is 0 Å². The summed E-state index contributed by atoms with van der Waals surface area (Å²) in [6, 6.07) is -0.0104. The number of nitrogens with one attached hydrogen (secondary N) is 1. The van der Waals surface area contributed by atoms with Gasteiger partial charge in [-0.25, -0.2) is 0 Å². The van der Waals surface area contributed by atoms with Crippen molar-refractivity contribution in [3.05, 3.63) is 33.3 Å². The van der Waals surface area contributed by atoms with Crippen molar-refractivity contribution in [1.82, 2.24) is 24.4 Å². The van der Waals surface area contributed by atoms with Gasteiger partial charge in [0.25, 0.3) is 11.5 Å². The van der Waals surface area contributed by atoms with E-state index in [1.807, 2.05) is 27.7 Å². The molecule has 2 fully saturated rings. The summed E-state index contributed by atoms with van der Waals surface area (Å²) >= 11 is 0. The molecule has 3 heterocycles. The Morgan fingerprint density at radius 3 is 2.65 bits per heavy atom. The zero-order chi connectivity index (χ0) is 24.7. The van der Waals surface area contributed by atoms with Crippen LogP contribution in [-0.2, 0) is 16.1 Å². The molecule has 0 aromatic carbocycles. The molecule has 1 aliphatic carbocycles. The van der Waals surface area contributed by atoms with Crippen molar-refractivity contribution in [2.45, 2.75) is 72.2 Å². The van der Waals surface area contributed by atoms with E-state index < -0.39 is 11.5 Å². The molecule has 2 amide bonds. The van der Waals surface area contributed by atoms with Gasteiger partial charge in [-0.1, -0.05) is 13.8 Å². The van der Waals surface area contributed by atoms with Crippen LogP contribution in [0.2, 0.25) is 0 Å². The van der Waals surface area contributed by atoms with Gasteiger partial charge in [-0.2, -0.15) is 9.61 Å². The molecule has 0 unspecified atom stereocenters. The van der Waals surface area contributed by atoms with Gasteiger partial charge in [-0.3, -0.25) is 19.0 Å². The smallest absolute Gasteiger partial charge is 0.291 e. The Balaban J connectivity index is 1.79. The number of aryl methyl sites for hydroxylation is 1. The topological polar surface area (TPSA) is 118 Å². The minimum atomic E-state index is -0.685. The summed E-state index contributed by atoms with van der Waals surface area (Å²) in [6.07, 6.45) is 4.78. The van der Waals surface area contributed by atoms with Gasteiger partial charge < -0.3 is 20.1 Å². The van der Waals surface area contributed by atoms with E-state index in [9.17, 15) is 19.5 Å². The average molecular weight is 472 g/mol. The van der Waals surface area contributed by atoms with Crippen LogP contribution in [0.1, 0.15) is 62.2 Å². The largest absolute Gasteiger partial charge is 0.494 e. The van der Waals surface area contributed by atoms with E-state index in [0.717, 1.165) is 17.4 Å². The normalized spacial score (nSPS) is 21.1. The van der Waals surface area contributed by atoms with Crippen molar-refractivity contribution in [3.8, 4) is 5.88 Å². The Bertz CT molecular complexity index is 1210. The molecular formula is C24H33N5O5. The Morgan fingerprint density at radius 1 is 1.29 bits per heavy atom. The third-order valence-electron chi connectivity index (χ3n) is 6.19. The molecule has 10 nitrogen and oxygen atoms in total. The van der Waals surface area contributed by atoms with Gasteiger partial charge in [-0.05, 0) is 45.6 Å². The van der Waals surface area contributed by atoms with Gasteiger partial charge in [0.1, 0.15) is 5.65 Å². The highest BCUT2D eigenvalue weighted by atomic mass is 16.5. The van der Waals surface area contributed by atoms with E-state index in [2.05, 4.69) is 10.4 Å². The van der Waals surface area contributed by atoms with Crippen LogP contribution in [0.4, 0.5) is 0 Å². The standard InChI is InChI=1S/C24H33N5O5/c1-13(2)10-28-22-18(8-9-19(30)27-11-15(4)34-12-14(27)3)16(5)26-29(22)24(33)20(23(28)32)21(31)25-17-6-7-17/h8-9,13-15,17,32H,6-7,10-12H2,1-5H3,(H,25,31)/b9-8+/t14-,15+/m0/s1. The van der Waals surface area contributed by atoms with E-state index in [0.29, 0.717) is 36.6 Å². The van der Waals surface area contributed by atoms with Crippen LogP contribution in [0.5, 0.6) is 5.88 Å². The maximum atomic E-state index is 13.2. The van der Waals surface area contributed by atoms with Crippen LogP contribution in [-0.4, -0.2) is 67.3 Å². The Kier molecular flexibility index (Phi) is 6.53. The average Bonchev–Trinajstić information content (AvgIpc) is 3.51. The van der Waals surface area contributed by atoms with Crippen LogP contribution in [0.25, 0.3) is 11.7 Å². The molecule has 4 rings (SSSR count). The minimum absolute atomic E-state index is 0.0368. The lowest BCUT2D eigenvalue weighted by atomic mass is 10.1. The van der Waals surface area contributed by atoms with Crippen molar-refractivity contribution in [3.63, 3.8) is 0 Å². The van der Waals surface area contributed by atoms with Crippen molar-refractivity contribution in [2.24, 2.45) is 5.92 Å². The lowest BCUT2D eigenvalue weighted by Crippen LogP contribution is -2.49. The number of morpholine rings is 1. The number of carbonyl (C=O) groups excluding carboxylic acids is 2. The highest BCUT2D eigenvalue weighted by Crippen LogP contribution is 2.26. The van der Waals surface area contributed by atoms with Gasteiger partial charge in [0.05, 0.1) is 24.4 Å². The van der Waals surface area contributed by atoms with Gasteiger partial charge >= 0.3 is 0 Å². The fraction of sp³-hybridized carbons (Fsp3) is 0.583. The van der Waals surface area contributed by atoms with E-state index in [4.69, 9.17) is 4.74 Å². The summed E-state index contributed by atoms with van der Waals surface area (Å²) in [4.78, 5) is 40.7. The maximum Gasteiger partial charge on any atom is 0.291 e. The molecule has 34 heavy (non-hydrogen) atoms. The number of hydrogen-bond acceptors (Lipinski definition) is 6. The number of aromatic hydroxyl groups is 1. The number of carbonyl (C=O) groups is 2. The summed E-state index contributed by atoms with van der Waals surface area (Å²) in [5, 5.41) is 18.2. The lowest BCUT2D eigenvalue weighted by molar-refractivity contribution is -0.137. The summed E-state index contributed by atoms with van der Waals surface area (Å²) in [7, 11) is 0. The van der Waals surface area contributed by atoms with E-state index in [-0.39, 0.29) is 41.5 Å². The zero-order valence-corrected chi connectivity index (χ0v) is 20.4. The van der Waals surface area contributed by atoms with Gasteiger partial charge in [0.15, 0.2) is 5.56 Å². The zero-order valence-electron chi connectivity index (χ0n) is 20.4. The molecule has 0 radical (unpaired) electrons. The molecule has 1 aliphatic heterocycles. The Labute approximate surface area is 198 Å². The van der Waals surface area contributed by atoms with Crippen molar-refractivity contribution in [1.29, 1.82) is 0 Å². The highest BCUT2D eigenvalue weighted by Gasteiger charge is 2.31. The number of rotatable bonds is 6. The molecule has 2 atom stereocenters. The first-order valence-electron chi connectivity index (χ1n) is 11.8. The molecule has 2 aliphatic rings. The second-order valence-corrected chi connectivity index (χ2v) is 9.81. The van der Waals surface area contributed by atoms with Crippen molar-refractivity contribution in [2.75, 3.05) is 13.2 Å². The number of aromatic nitrogens is 3. The summed E-state index contributed by atoms with van der Waals surface area (Å²) in [5.41, 5.74) is 0.412. The molecular weight excluding hydrogens is 438 g/mol. The van der Waals surface area contributed by atoms with Crippen LogP contribution < -0.4 is 10.9 Å². The third-order valence-corrected chi connectivity index (χ3v) is 6.19. The molecule has 1 saturated carbocycles. The number of nitrogens with zero attached hydrogens (tertiary/aromatic N) is 4. The van der Waals surface area contributed by atoms with Crippen LogP contribution in [0, 0.1) is 12.8 Å². The molecule has 0 bridgehead atoms.